The smallest absolute Gasteiger partial charge is 0.306 e. The van der Waals surface area contributed by atoms with Crippen molar-refractivity contribution in [3.63, 3.8) is 0 Å². The van der Waals surface area contributed by atoms with E-state index in [1.54, 1.807) is 12.1 Å². The number of hydrogen-bond acceptors (Lipinski definition) is 4. The van der Waals surface area contributed by atoms with Crippen molar-refractivity contribution in [3.8, 4) is 5.75 Å². The molecule has 0 spiro atoms. The van der Waals surface area contributed by atoms with E-state index in [1.807, 2.05) is 35.2 Å². The topological polar surface area (TPSA) is 63.7 Å². The van der Waals surface area contributed by atoms with E-state index in [9.17, 15) is 13.2 Å². The van der Waals surface area contributed by atoms with Crippen molar-refractivity contribution < 1.29 is 17.4 Å². The van der Waals surface area contributed by atoms with Crippen LogP contribution in [-0.2, 0) is 21.5 Å². The van der Waals surface area contributed by atoms with Crippen LogP contribution in [0.3, 0.4) is 0 Å². The van der Waals surface area contributed by atoms with E-state index in [1.165, 1.54) is 5.56 Å². The summed E-state index contributed by atoms with van der Waals surface area (Å²) < 4.78 is 27.4. The summed E-state index contributed by atoms with van der Waals surface area (Å²) in [6.45, 7) is 4.65. The van der Waals surface area contributed by atoms with E-state index >= 15 is 0 Å². The number of amides is 1. The maximum absolute atomic E-state index is 13.2. The molecule has 1 aliphatic rings. The van der Waals surface area contributed by atoms with Gasteiger partial charge in [0.05, 0.1) is 6.26 Å². The standard InChI is InChI=1S/C22H27NO4S/c1-4-16(2)23(15-17-10-12-19(13-11-17)27-28(3,25)26)22(24)21-14-20(21)18-8-6-5-7-9-18/h5-13,16,20-21H,4,14-15H2,1-3H3/t16-,20+,21+/m1/s1. The Morgan fingerprint density at radius 1 is 1.14 bits per heavy atom. The first-order chi connectivity index (χ1) is 13.3. The second-order valence-electron chi connectivity index (χ2n) is 7.51. The minimum absolute atomic E-state index is 0.0456. The highest BCUT2D eigenvalue weighted by Crippen LogP contribution is 2.48. The minimum atomic E-state index is -3.54. The second kappa shape index (κ2) is 8.35. The Hall–Kier alpha value is -2.34. The number of rotatable bonds is 8. The molecule has 0 unspecified atom stereocenters. The minimum Gasteiger partial charge on any atom is -0.383 e. The van der Waals surface area contributed by atoms with Crippen LogP contribution in [0, 0.1) is 5.92 Å². The molecular weight excluding hydrogens is 374 g/mol. The zero-order valence-corrected chi connectivity index (χ0v) is 17.4. The van der Waals surface area contributed by atoms with E-state index in [4.69, 9.17) is 4.18 Å². The van der Waals surface area contributed by atoms with Crippen LogP contribution >= 0.6 is 0 Å². The van der Waals surface area contributed by atoms with Crippen LogP contribution in [0.5, 0.6) is 5.75 Å². The van der Waals surface area contributed by atoms with Crippen LogP contribution in [0.1, 0.15) is 43.7 Å². The summed E-state index contributed by atoms with van der Waals surface area (Å²) in [5.41, 5.74) is 2.18. The zero-order valence-electron chi connectivity index (χ0n) is 16.5. The predicted octanol–water partition coefficient (Wildman–Crippen LogP) is 3.96. The van der Waals surface area contributed by atoms with Crippen molar-refractivity contribution in [1.29, 1.82) is 0 Å². The van der Waals surface area contributed by atoms with Crippen LogP contribution in [-0.4, -0.2) is 31.5 Å². The molecule has 6 heteroatoms. The highest BCUT2D eigenvalue weighted by molar-refractivity contribution is 7.86. The normalized spacial score (nSPS) is 19.7. The molecule has 1 fully saturated rings. The van der Waals surface area contributed by atoms with Gasteiger partial charge in [0.2, 0.25) is 5.91 Å². The molecule has 0 bridgehead atoms. The van der Waals surface area contributed by atoms with Gasteiger partial charge >= 0.3 is 10.1 Å². The maximum atomic E-state index is 13.2. The molecule has 5 nitrogen and oxygen atoms in total. The first-order valence-electron chi connectivity index (χ1n) is 9.62. The Balaban J connectivity index is 1.70. The molecular formula is C22H27NO4S. The lowest BCUT2D eigenvalue weighted by Gasteiger charge is -2.29. The first-order valence-corrected chi connectivity index (χ1v) is 11.4. The fraction of sp³-hybridized carbons (Fsp3) is 0.409. The Kier molecular flexibility index (Phi) is 6.08. The summed E-state index contributed by atoms with van der Waals surface area (Å²) in [6, 6.07) is 17.2. The summed E-state index contributed by atoms with van der Waals surface area (Å²) >= 11 is 0. The van der Waals surface area contributed by atoms with Crippen LogP contribution in [0.4, 0.5) is 0 Å². The van der Waals surface area contributed by atoms with E-state index in [0.717, 1.165) is 24.7 Å². The summed E-state index contributed by atoms with van der Waals surface area (Å²) in [6.07, 6.45) is 2.80. The molecule has 28 heavy (non-hydrogen) atoms. The molecule has 1 aliphatic carbocycles. The van der Waals surface area contributed by atoms with Crippen molar-refractivity contribution in [2.45, 2.75) is 45.2 Å². The van der Waals surface area contributed by atoms with Gasteiger partial charge in [-0.3, -0.25) is 4.79 Å². The van der Waals surface area contributed by atoms with Gasteiger partial charge in [-0.15, -0.1) is 0 Å². The summed E-state index contributed by atoms with van der Waals surface area (Å²) in [7, 11) is -3.54. The van der Waals surface area contributed by atoms with E-state index in [-0.39, 0.29) is 23.6 Å². The fourth-order valence-corrected chi connectivity index (χ4v) is 3.90. The molecule has 0 saturated heterocycles. The van der Waals surface area contributed by atoms with Gasteiger partial charge in [0, 0.05) is 18.5 Å². The molecule has 0 radical (unpaired) electrons. The second-order valence-corrected chi connectivity index (χ2v) is 9.09. The number of benzene rings is 2. The number of carbonyl (C=O) groups excluding carboxylic acids is 1. The highest BCUT2D eigenvalue weighted by Gasteiger charge is 2.46. The Morgan fingerprint density at radius 3 is 2.36 bits per heavy atom. The van der Waals surface area contributed by atoms with E-state index < -0.39 is 10.1 Å². The van der Waals surface area contributed by atoms with Gasteiger partial charge in [-0.1, -0.05) is 49.4 Å². The van der Waals surface area contributed by atoms with Crippen LogP contribution in [0.15, 0.2) is 54.6 Å². The monoisotopic (exact) mass is 401 g/mol. The number of carbonyl (C=O) groups is 1. The number of nitrogens with zero attached hydrogens (tertiary/aromatic N) is 1. The SMILES string of the molecule is CC[C@@H](C)N(Cc1ccc(OS(C)(=O)=O)cc1)C(=O)[C@H]1C[C@H]1c1ccccc1. The molecule has 3 rings (SSSR count). The summed E-state index contributed by atoms with van der Waals surface area (Å²) in [5.74, 6) is 0.828. The largest absolute Gasteiger partial charge is 0.383 e. The molecule has 3 atom stereocenters. The van der Waals surface area contributed by atoms with Crippen molar-refractivity contribution in [2.75, 3.05) is 6.26 Å². The van der Waals surface area contributed by atoms with Gasteiger partial charge in [0.25, 0.3) is 0 Å². The Morgan fingerprint density at radius 2 is 1.79 bits per heavy atom. The third-order valence-electron chi connectivity index (χ3n) is 5.27. The average molecular weight is 402 g/mol. The molecule has 2 aromatic rings. The predicted molar refractivity (Wildman–Crippen MR) is 110 cm³/mol. The van der Waals surface area contributed by atoms with Gasteiger partial charge < -0.3 is 9.08 Å². The highest BCUT2D eigenvalue weighted by atomic mass is 32.2. The third kappa shape index (κ3) is 5.13. The van der Waals surface area contributed by atoms with Crippen LogP contribution in [0.25, 0.3) is 0 Å². The molecule has 1 amide bonds. The lowest BCUT2D eigenvalue weighted by molar-refractivity contribution is -0.135. The fourth-order valence-electron chi connectivity index (χ4n) is 3.44. The Bertz CT molecular complexity index is 909. The lowest BCUT2D eigenvalue weighted by atomic mass is 10.1. The molecule has 0 heterocycles. The van der Waals surface area contributed by atoms with Crippen molar-refractivity contribution in [3.05, 3.63) is 65.7 Å². The van der Waals surface area contributed by atoms with Crippen molar-refractivity contribution in [1.82, 2.24) is 4.90 Å². The van der Waals surface area contributed by atoms with Gasteiger partial charge in [0.1, 0.15) is 5.75 Å². The quantitative estimate of drug-likeness (QED) is 0.628. The number of hydrogen-bond donors (Lipinski definition) is 0. The van der Waals surface area contributed by atoms with Gasteiger partial charge in [-0.25, -0.2) is 0 Å². The zero-order chi connectivity index (χ0) is 20.3. The van der Waals surface area contributed by atoms with Crippen LogP contribution in [0.2, 0.25) is 0 Å². The van der Waals surface area contributed by atoms with E-state index in [0.29, 0.717) is 12.5 Å². The van der Waals surface area contributed by atoms with E-state index in [2.05, 4.69) is 26.0 Å². The maximum Gasteiger partial charge on any atom is 0.306 e. The van der Waals surface area contributed by atoms with Gasteiger partial charge in [0.15, 0.2) is 0 Å². The molecule has 1 saturated carbocycles. The summed E-state index contributed by atoms with van der Waals surface area (Å²) in [5, 5.41) is 0. The first kappa shape index (κ1) is 20.4. The molecule has 2 aromatic carbocycles. The van der Waals surface area contributed by atoms with Crippen LogP contribution < -0.4 is 4.18 Å². The van der Waals surface area contributed by atoms with Gasteiger partial charge in [-0.2, -0.15) is 8.42 Å². The summed E-state index contributed by atoms with van der Waals surface area (Å²) in [4.78, 5) is 15.1. The molecule has 0 N–H and O–H groups in total. The molecule has 0 aromatic heterocycles. The molecule has 150 valence electrons. The van der Waals surface area contributed by atoms with Gasteiger partial charge in [-0.05, 0) is 48.9 Å². The average Bonchev–Trinajstić information content (AvgIpc) is 3.47. The Labute approximate surface area is 167 Å². The molecule has 0 aliphatic heterocycles. The lowest BCUT2D eigenvalue weighted by Crippen LogP contribution is -2.39. The third-order valence-corrected chi connectivity index (χ3v) is 5.76. The van der Waals surface area contributed by atoms with Crippen molar-refractivity contribution in [2.24, 2.45) is 5.92 Å². The van der Waals surface area contributed by atoms with Crippen molar-refractivity contribution >= 4 is 16.0 Å².